The first kappa shape index (κ1) is 12.9. The van der Waals surface area contributed by atoms with Crippen molar-refractivity contribution >= 4 is 29.5 Å². The van der Waals surface area contributed by atoms with Crippen LogP contribution in [-0.2, 0) is 0 Å². The lowest BCUT2D eigenvalue weighted by atomic mass is 10.3. The maximum atomic E-state index is 5.65. The number of aromatic amines is 1. The van der Waals surface area contributed by atoms with Gasteiger partial charge in [-0.3, -0.25) is 5.43 Å². The van der Waals surface area contributed by atoms with Gasteiger partial charge in [0.2, 0.25) is 5.95 Å². The van der Waals surface area contributed by atoms with Crippen LogP contribution >= 0.6 is 12.2 Å². The van der Waals surface area contributed by atoms with Gasteiger partial charge in [-0.05, 0) is 18.3 Å². The fraction of sp³-hybridized carbons (Fsp3) is 0.100. The molecule has 2 heterocycles. The van der Waals surface area contributed by atoms with Crippen LogP contribution in [0.3, 0.4) is 0 Å². The Labute approximate surface area is 114 Å². The zero-order valence-corrected chi connectivity index (χ0v) is 10.9. The summed E-state index contributed by atoms with van der Waals surface area (Å²) in [5.41, 5.74) is 10.2. The first-order valence-electron chi connectivity index (χ1n) is 5.33. The summed E-state index contributed by atoms with van der Waals surface area (Å²) in [5, 5.41) is 7.07. The molecule has 0 bridgehead atoms. The Kier molecular flexibility index (Phi) is 3.98. The van der Waals surface area contributed by atoms with Gasteiger partial charge in [-0.1, -0.05) is 0 Å². The van der Waals surface area contributed by atoms with E-state index in [1.165, 1.54) is 6.21 Å². The summed E-state index contributed by atoms with van der Waals surface area (Å²) >= 11 is 4.88. The number of H-pyrrole nitrogens is 1. The average molecular weight is 276 g/mol. The van der Waals surface area contributed by atoms with E-state index in [1.807, 2.05) is 0 Å². The zero-order valence-electron chi connectivity index (χ0n) is 10.1. The van der Waals surface area contributed by atoms with E-state index in [9.17, 15) is 0 Å². The number of thiocarbonyl (C=S) groups is 1. The van der Waals surface area contributed by atoms with E-state index < -0.39 is 0 Å². The monoisotopic (exact) mass is 276 g/mol. The van der Waals surface area contributed by atoms with Gasteiger partial charge in [-0.25, -0.2) is 15.0 Å². The van der Waals surface area contributed by atoms with Crippen LogP contribution in [0, 0.1) is 0 Å². The molecule has 0 radical (unpaired) electrons. The third kappa shape index (κ3) is 3.45. The second-order valence-corrected chi connectivity index (χ2v) is 3.86. The summed E-state index contributed by atoms with van der Waals surface area (Å²) in [5.74, 6) is 0.157. The molecule has 0 fully saturated rings. The third-order valence-corrected chi connectivity index (χ3v) is 2.42. The molecule has 0 aliphatic rings. The van der Waals surface area contributed by atoms with Gasteiger partial charge in [0, 0.05) is 7.05 Å². The van der Waals surface area contributed by atoms with E-state index in [-0.39, 0.29) is 5.95 Å². The maximum Gasteiger partial charge on any atom is 0.221 e. The number of hydrogen-bond acceptors (Lipinski definition) is 6. The molecule has 0 unspecified atom stereocenters. The fourth-order valence-electron chi connectivity index (χ4n) is 1.30. The van der Waals surface area contributed by atoms with Gasteiger partial charge >= 0.3 is 0 Å². The van der Waals surface area contributed by atoms with Crippen LogP contribution in [0.1, 0.15) is 5.69 Å². The van der Waals surface area contributed by atoms with E-state index in [4.69, 9.17) is 18.0 Å². The lowest BCUT2D eigenvalue weighted by Crippen LogP contribution is -2.28. The number of anilines is 1. The molecule has 0 amide bonds. The molecule has 0 aliphatic carbocycles. The molecule has 98 valence electrons. The number of aromatic nitrogens is 4. The van der Waals surface area contributed by atoms with Crippen molar-refractivity contribution in [1.29, 1.82) is 0 Å². The number of nitrogen functional groups attached to an aromatic ring is 1. The Morgan fingerprint density at radius 3 is 3.05 bits per heavy atom. The molecule has 2 rings (SSSR count). The van der Waals surface area contributed by atoms with Crippen molar-refractivity contribution < 1.29 is 0 Å². The van der Waals surface area contributed by atoms with Crippen LogP contribution < -0.4 is 16.5 Å². The second kappa shape index (κ2) is 5.87. The Balaban J connectivity index is 2.20. The lowest BCUT2D eigenvalue weighted by Gasteiger charge is -2.02. The van der Waals surface area contributed by atoms with E-state index in [1.54, 1.807) is 25.6 Å². The van der Waals surface area contributed by atoms with Crippen molar-refractivity contribution in [2.75, 3.05) is 12.8 Å². The highest BCUT2D eigenvalue weighted by Gasteiger charge is 2.04. The van der Waals surface area contributed by atoms with Gasteiger partial charge in [-0.15, -0.1) is 0 Å². The van der Waals surface area contributed by atoms with Crippen LogP contribution in [0.25, 0.3) is 11.4 Å². The van der Waals surface area contributed by atoms with Gasteiger partial charge < -0.3 is 16.0 Å². The van der Waals surface area contributed by atoms with Crippen LogP contribution in [-0.4, -0.2) is 38.3 Å². The highest BCUT2D eigenvalue weighted by molar-refractivity contribution is 7.80. The minimum Gasteiger partial charge on any atom is -0.368 e. The van der Waals surface area contributed by atoms with Crippen molar-refractivity contribution in [3.63, 3.8) is 0 Å². The Bertz CT molecular complexity index is 592. The van der Waals surface area contributed by atoms with E-state index >= 15 is 0 Å². The number of nitrogens with one attached hydrogen (secondary N) is 3. The lowest BCUT2D eigenvalue weighted by molar-refractivity contribution is 0.980. The average Bonchev–Trinajstić information content (AvgIpc) is 2.91. The van der Waals surface area contributed by atoms with Crippen molar-refractivity contribution in [2.45, 2.75) is 0 Å². The quantitative estimate of drug-likeness (QED) is 0.350. The SMILES string of the molecule is CNC(=S)N/N=C/c1cc(-c2cnc[nH]2)nc(N)n1. The summed E-state index contributed by atoms with van der Waals surface area (Å²) in [6.45, 7) is 0. The third-order valence-electron chi connectivity index (χ3n) is 2.13. The zero-order chi connectivity index (χ0) is 13.7. The summed E-state index contributed by atoms with van der Waals surface area (Å²) in [7, 11) is 1.70. The van der Waals surface area contributed by atoms with Gasteiger partial charge in [0.1, 0.15) is 0 Å². The Morgan fingerprint density at radius 1 is 1.53 bits per heavy atom. The normalized spacial score (nSPS) is 10.6. The van der Waals surface area contributed by atoms with Gasteiger partial charge in [0.05, 0.1) is 35.8 Å². The van der Waals surface area contributed by atoms with E-state index in [0.29, 0.717) is 16.5 Å². The topological polar surface area (TPSA) is 117 Å². The molecule has 2 aromatic heterocycles. The summed E-state index contributed by atoms with van der Waals surface area (Å²) in [6.07, 6.45) is 4.72. The van der Waals surface area contributed by atoms with Crippen molar-refractivity contribution in [1.82, 2.24) is 30.7 Å². The van der Waals surface area contributed by atoms with Crippen molar-refractivity contribution in [3.05, 3.63) is 24.3 Å². The number of rotatable bonds is 3. The predicted octanol–water partition coefficient (Wildman–Crippen LogP) is -0.123. The molecule has 2 aromatic rings. The van der Waals surface area contributed by atoms with Gasteiger partial charge in [-0.2, -0.15) is 5.10 Å². The first-order valence-corrected chi connectivity index (χ1v) is 5.74. The van der Waals surface area contributed by atoms with Crippen molar-refractivity contribution in [2.24, 2.45) is 5.10 Å². The summed E-state index contributed by atoms with van der Waals surface area (Å²) in [4.78, 5) is 15.0. The molecule has 0 saturated heterocycles. The molecule has 0 atom stereocenters. The van der Waals surface area contributed by atoms with Crippen molar-refractivity contribution in [3.8, 4) is 11.4 Å². The molecule has 0 aliphatic heterocycles. The first-order chi connectivity index (χ1) is 9.19. The van der Waals surface area contributed by atoms with Gasteiger partial charge in [0.25, 0.3) is 0 Å². The standard InChI is InChI=1S/C10H12N8S/c1-12-10(19)18-15-3-6-2-7(17-9(11)16-6)8-4-13-5-14-8/h2-5H,1H3,(H,13,14)(H2,11,16,17)(H2,12,18,19)/b15-3+. The predicted molar refractivity (Wildman–Crippen MR) is 76.4 cm³/mol. The number of imidazole rings is 1. The van der Waals surface area contributed by atoms with Crippen LogP contribution in [0.15, 0.2) is 23.7 Å². The molecule has 5 N–H and O–H groups in total. The molecule has 0 spiro atoms. The van der Waals surface area contributed by atoms with Crippen LogP contribution in [0.2, 0.25) is 0 Å². The maximum absolute atomic E-state index is 5.65. The number of nitrogens with zero attached hydrogens (tertiary/aromatic N) is 4. The highest BCUT2D eigenvalue weighted by Crippen LogP contribution is 2.14. The largest absolute Gasteiger partial charge is 0.368 e. The Morgan fingerprint density at radius 2 is 2.37 bits per heavy atom. The minimum atomic E-state index is 0.157. The molecule has 9 heteroatoms. The van der Waals surface area contributed by atoms with E-state index in [2.05, 4.69) is 35.8 Å². The molecular formula is C10H12N8S. The van der Waals surface area contributed by atoms with E-state index in [0.717, 1.165) is 5.69 Å². The molecule has 19 heavy (non-hydrogen) atoms. The number of hydrazone groups is 1. The summed E-state index contributed by atoms with van der Waals surface area (Å²) < 4.78 is 0. The molecule has 0 aromatic carbocycles. The molecular weight excluding hydrogens is 264 g/mol. The Hall–Kier alpha value is -2.55. The van der Waals surface area contributed by atoms with Crippen LogP contribution in [0.4, 0.5) is 5.95 Å². The molecule has 0 saturated carbocycles. The number of nitrogens with two attached hydrogens (primary N) is 1. The number of hydrogen-bond donors (Lipinski definition) is 4. The fourth-order valence-corrected chi connectivity index (χ4v) is 1.35. The highest BCUT2D eigenvalue weighted by atomic mass is 32.1. The molecule has 8 nitrogen and oxygen atoms in total. The second-order valence-electron chi connectivity index (χ2n) is 3.45. The van der Waals surface area contributed by atoms with Crippen LogP contribution in [0.5, 0.6) is 0 Å². The smallest absolute Gasteiger partial charge is 0.221 e. The summed E-state index contributed by atoms with van der Waals surface area (Å²) in [6, 6.07) is 1.73. The minimum absolute atomic E-state index is 0.157. The van der Waals surface area contributed by atoms with Gasteiger partial charge in [0.15, 0.2) is 5.11 Å².